The van der Waals surface area contributed by atoms with Gasteiger partial charge in [-0.25, -0.2) is 0 Å². The lowest BCUT2D eigenvalue weighted by Gasteiger charge is -2.21. The zero-order chi connectivity index (χ0) is 20.4. The largest absolute Gasteiger partial charge is 0.497 e. The Labute approximate surface area is 193 Å². The Bertz CT molecular complexity index is 595. The minimum absolute atomic E-state index is 0. The van der Waals surface area contributed by atoms with Gasteiger partial charge in [-0.2, -0.15) is 0 Å². The van der Waals surface area contributed by atoms with Gasteiger partial charge in [-0.05, 0) is 50.8 Å². The Morgan fingerprint density at radius 2 is 1.97 bits per heavy atom. The topological polar surface area (TPSA) is 58.1 Å². The lowest BCUT2D eigenvalue weighted by molar-refractivity contribution is 0.120. The van der Waals surface area contributed by atoms with Crippen LogP contribution in [0.5, 0.6) is 5.75 Å². The number of hydrogen-bond acceptors (Lipinski definition) is 4. The number of rotatable bonds is 10. The van der Waals surface area contributed by atoms with E-state index in [1.54, 1.807) is 7.11 Å². The molecular weight excluding hydrogens is 479 g/mol. The lowest BCUT2D eigenvalue weighted by atomic mass is 10.1. The van der Waals surface area contributed by atoms with E-state index in [0.29, 0.717) is 31.2 Å². The smallest absolute Gasteiger partial charge is 0.191 e. The first kappa shape index (κ1) is 26.0. The van der Waals surface area contributed by atoms with Crippen LogP contribution in [0.4, 0.5) is 0 Å². The molecule has 1 aromatic carbocycles. The van der Waals surface area contributed by atoms with Crippen LogP contribution < -0.4 is 15.4 Å². The number of nitrogens with one attached hydrogen (secondary N) is 2. The number of aliphatic imine (C=N–C) groups is 1. The molecule has 1 heterocycles. The van der Waals surface area contributed by atoms with Crippen molar-refractivity contribution < 1.29 is 9.47 Å². The summed E-state index contributed by atoms with van der Waals surface area (Å²) in [4.78, 5) is 7.25. The van der Waals surface area contributed by atoms with E-state index in [1.165, 1.54) is 0 Å². The van der Waals surface area contributed by atoms with Crippen molar-refractivity contribution in [2.45, 2.75) is 52.8 Å². The van der Waals surface area contributed by atoms with Gasteiger partial charge in [0.1, 0.15) is 5.75 Å². The number of ether oxygens (including phenoxy) is 2. The number of halogens is 1. The predicted octanol–water partition coefficient (Wildman–Crippen LogP) is 3.50. The van der Waals surface area contributed by atoms with Crippen molar-refractivity contribution in [3.8, 4) is 5.75 Å². The maximum Gasteiger partial charge on any atom is 0.191 e. The van der Waals surface area contributed by atoms with Crippen LogP contribution in [0.25, 0.3) is 0 Å². The van der Waals surface area contributed by atoms with Crippen LogP contribution in [-0.2, 0) is 11.3 Å². The third kappa shape index (κ3) is 9.09. The van der Waals surface area contributed by atoms with Crippen LogP contribution in [0, 0.1) is 5.92 Å². The van der Waals surface area contributed by atoms with Crippen molar-refractivity contribution in [3.63, 3.8) is 0 Å². The standard InChI is InChI=1S/C22H38N4O2.HI/c1-6-23-22(25-21-15-26(17(2)3)14-18(21)4)24-12-7-13-28-16-19-8-10-20(27-5)11-9-19;/h8-11,17-18,21H,6-7,12-16H2,1-5H3,(H2,23,24,25);1H. The molecule has 1 fully saturated rings. The lowest BCUT2D eigenvalue weighted by Crippen LogP contribution is -2.46. The first-order valence-electron chi connectivity index (χ1n) is 10.5. The maximum absolute atomic E-state index is 5.77. The number of guanidine groups is 1. The summed E-state index contributed by atoms with van der Waals surface area (Å²) in [5, 5.41) is 6.99. The van der Waals surface area contributed by atoms with E-state index < -0.39 is 0 Å². The van der Waals surface area contributed by atoms with Gasteiger partial charge in [-0.15, -0.1) is 24.0 Å². The molecule has 6 nitrogen and oxygen atoms in total. The van der Waals surface area contributed by atoms with Crippen LogP contribution in [0.3, 0.4) is 0 Å². The molecule has 1 aliphatic heterocycles. The van der Waals surface area contributed by atoms with Crippen LogP contribution in [-0.4, -0.2) is 62.8 Å². The van der Waals surface area contributed by atoms with Crippen molar-refractivity contribution >= 4 is 29.9 Å². The quantitative estimate of drug-likeness (QED) is 0.215. The van der Waals surface area contributed by atoms with Gasteiger partial charge in [-0.3, -0.25) is 9.89 Å². The van der Waals surface area contributed by atoms with Gasteiger partial charge in [0, 0.05) is 44.9 Å². The molecule has 0 spiro atoms. The highest BCUT2D eigenvalue weighted by atomic mass is 127. The number of hydrogen-bond donors (Lipinski definition) is 2. The molecule has 0 amide bonds. The van der Waals surface area contributed by atoms with E-state index in [0.717, 1.165) is 49.9 Å². The van der Waals surface area contributed by atoms with Crippen molar-refractivity contribution in [3.05, 3.63) is 29.8 Å². The van der Waals surface area contributed by atoms with E-state index in [4.69, 9.17) is 14.5 Å². The first-order chi connectivity index (χ1) is 13.5. The first-order valence-corrected chi connectivity index (χ1v) is 10.5. The second-order valence-electron chi connectivity index (χ2n) is 7.79. The molecule has 2 rings (SSSR count). The molecule has 0 radical (unpaired) electrons. The molecular formula is C22H39IN4O2. The van der Waals surface area contributed by atoms with Gasteiger partial charge < -0.3 is 20.1 Å². The summed E-state index contributed by atoms with van der Waals surface area (Å²) in [5.41, 5.74) is 1.16. The van der Waals surface area contributed by atoms with Gasteiger partial charge in [0.15, 0.2) is 5.96 Å². The molecule has 1 aliphatic rings. The van der Waals surface area contributed by atoms with Crippen molar-refractivity contribution in [1.82, 2.24) is 15.5 Å². The van der Waals surface area contributed by atoms with Gasteiger partial charge in [0.2, 0.25) is 0 Å². The van der Waals surface area contributed by atoms with E-state index >= 15 is 0 Å². The summed E-state index contributed by atoms with van der Waals surface area (Å²) in [5.74, 6) is 2.41. The van der Waals surface area contributed by atoms with E-state index in [1.807, 2.05) is 24.3 Å². The molecule has 166 valence electrons. The van der Waals surface area contributed by atoms with Crippen LogP contribution in [0.15, 0.2) is 29.3 Å². The second kappa shape index (κ2) is 14.0. The molecule has 0 aliphatic carbocycles. The van der Waals surface area contributed by atoms with Gasteiger partial charge in [-0.1, -0.05) is 19.1 Å². The summed E-state index contributed by atoms with van der Waals surface area (Å²) in [6.45, 7) is 14.1. The maximum atomic E-state index is 5.77. The zero-order valence-corrected chi connectivity index (χ0v) is 20.9. The summed E-state index contributed by atoms with van der Waals surface area (Å²) in [7, 11) is 1.68. The molecule has 7 heteroatoms. The van der Waals surface area contributed by atoms with Gasteiger partial charge >= 0.3 is 0 Å². The number of benzene rings is 1. The Morgan fingerprint density at radius 3 is 2.55 bits per heavy atom. The fourth-order valence-electron chi connectivity index (χ4n) is 3.38. The highest BCUT2D eigenvalue weighted by Gasteiger charge is 2.31. The SMILES string of the molecule is CCNC(=NCCCOCc1ccc(OC)cc1)NC1CN(C(C)C)CC1C.I. The Kier molecular flexibility index (Phi) is 12.6. The second-order valence-corrected chi connectivity index (χ2v) is 7.79. The van der Waals surface area contributed by atoms with E-state index in [2.05, 4.69) is 43.2 Å². The summed E-state index contributed by atoms with van der Waals surface area (Å²) in [6, 6.07) is 9.04. The van der Waals surface area contributed by atoms with Crippen molar-refractivity contribution in [1.29, 1.82) is 0 Å². The number of nitrogens with zero attached hydrogens (tertiary/aromatic N) is 2. The molecule has 0 saturated carbocycles. The number of methoxy groups -OCH3 is 1. The molecule has 1 aromatic rings. The average molecular weight is 518 g/mol. The summed E-state index contributed by atoms with van der Waals surface area (Å²) >= 11 is 0. The van der Waals surface area contributed by atoms with Gasteiger partial charge in [0.05, 0.1) is 13.7 Å². The minimum atomic E-state index is 0. The zero-order valence-electron chi connectivity index (χ0n) is 18.6. The molecule has 0 aromatic heterocycles. The molecule has 1 saturated heterocycles. The minimum Gasteiger partial charge on any atom is -0.497 e. The van der Waals surface area contributed by atoms with E-state index in [9.17, 15) is 0 Å². The highest BCUT2D eigenvalue weighted by molar-refractivity contribution is 14.0. The van der Waals surface area contributed by atoms with E-state index in [-0.39, 0.29) is 24.0 Å². The Balaban J connectivity index is 0.00000420. The number of likely N-dealkylation sites (tertiary alicyclic amines) is 1. The Morgan fingerprint density at radius 1 is 1.24 bits per heavy atom. The fourth-order valence-corrected chi connectivity index (χ4v) is 3.38. The summed E-state index contributed by atoms with van der Waals surface area (Å²) < 4.78 is 10.9. The molecule has 2 unspecified atom stereocenters. The van der Waals surface area contributed by atoms with Gasteiger partial charge in [0.25, 0.3) is 0 Å². The third-order valence-electron chi connectivity index (χ3n) is 5.18. The highest BCUT2D eigenvalue weighted by Crippen LogP contribution is 2.18. The molecule has 29 heavy (non-hydrogen) atoms. The normalized spacial score (nSPS) is 19.9. The monoisotopic (exact) mass is 518 g/mol. The third-order valence-corrected chi connectivity index (χ3v) is 5.18. The molecule has 2 atom stereocenters. The molecule has 2 N–H and O–H groups in total. The van der Waals surface area contributed by atoms with Crippen LogP contribution in [0.2, 0.25) is 0 Å². The predicted molar refractivity (Wildman–Crippen MR) is 131 cm³/mol. The van der Waals surface area contributed by atoms with Crippen LogP contribution in [0.1, 0.15) is 39.7 Å². The van der Waals surface area contributed by atoms with Crippen molar-refractivity contribution in [2.75, 3.05) is 39.9 Å². The van der Waals surface area contributed by atoms with Crippen LogP contribution >= 0.6 is 24.0 Å². The fraction of sp³-hybridized carbons (Fsp3) is 0.682. The van der Waals surface area contributed by atoms with Crippen molar-refractivity contribution in [2.24, 2.45) is 10.9 Å². The molecule has 0 bridgehead atoms. The average Bonchev–Trinajstić information content (AvgIpc) is 3.06. The summed E-state index contributed by atoms with van der Waals surface area (Å²) in [6.07, 6.45) is 0.908. The Hall–Kier alpha value is -1.06.